The van der Waals surface area contributed by atoms with Gasteiger partial charge in [0.25, 0.3) is 0 Å². The molecule has 2 nitrogen and oxygen atoms in total. The molecule has 3 atom stereocenters. The number of alkyl halides is 9. The Morgan fingerprint density at radius 2 is 1.56 bits per heavy atom. The smallest absolute Gasteiger partial charge is 0.294 e. The molecular weight excluding hydrogens is 613 g/mol. The molecule has 2 rings (SSSR count). The molecule has 0 bridgehead atoms. The van der Waals surface area contributed by atoms with Gasteiger partial charge in [0.2, 0.25) is 0 Å². The van der Waals surface area contributed by atoms with Gasteiger partial charge in [0.1, 0.15) is 17.5 Å². The zero-order chi connectivity index (χ0) is 29.9. The van der Waals surface area contributed by atoms with Crippen LogP contribution in [0.2, 0.25) is 10.0 Å². The Labute approximate surface area is 228 Å². The summed E-state index contributed by atoms with van der Waals surface area (Å²) in [4.78, 5) is 12.5. The van der Waals surface area contributed by atoms with Crippen LogP contribution in [0.4, 0.5) is 43.9 Å². The van der Waals surface area contributed by atoms with Crippen LogP contribution in [-0.2, 0) is 17.0 Å². The van der Waals surface area contributed by atoms with Crippen molar-refractivity contribution in [3.05, 3.63) is 74.8 Å². The number of carbonyl (C=O) groups is 1. The Morgan fingerprint density at radius 1 is 0.949 bits per heavy atom. The molecule has 0 heterocycles. The molecule has 0 radical (unpaired) electrons. The van der Waals surface area contributed by atoms with Gasteiger partial charge in [-0.15, -0.1) is 0 Å². The Bertz CT molecular complexity index is 1250. The van der Waals surface area contributed by atoms with Gasteiger partial charge in [0, 0.05) is 34.1 Å². The van der Waals surface area contributed by atoms with Gasteiger partial charge in [-0.3, -0.25) is 9.00 Å². The lowest BCUT2D eigenvalue weighted by Gasteiger charge is -2.19. The molecule has 216 valence electrons. The van der Waals surface area contributed by atoms with Gasteiger partial charge < -0.3 is 0 Å². The molecule has 2 unspecified atom stereocenters. The molecule has 0 spiro atoms. The second kappa shape index (κ2) is 12.6. The van der Waals surface area contributed by atoms with E-state index < -0.39 is 93.0 Å². The van der Waals surface area contributed by atoms with Crippen molar-refractivity contribution in [1.29, 1.82) is 0 Å². The summed E-state index contributed by atoms with van der Waals surface area (Å²) in [5.74, 6) is -8.74. The quantitative estimate of drug-likeness (QED) is 0.204. The zero-order valence-electron chi connectivity index (χ0n) is 19.6. The summed E-state index contributed by atoms with van der Waals surface area (Å²) in [6, 6.07) is 4.18. The number of halogens is 12. The Morgan fingerprint density at radius 3 is 2.08 bits per heavy atom. The average molecular weight is 631 g/mol. The first-order valence-electron chi connectivity index (χ1n) is 10.7. The fraction of sp³-hybridized carbons (Fsp3) is 0.375. The Kier molecular flexibility index (Phi) is 10.7. The standard InChI is InChI=1S/C24H18Cl2F10O2S/c1-12(10-39(38)11-22(28,29)30)6-21(37)15-4-2-14(7-17(15)24(34,35)36)20(27)9-16(23(31,32)33)13-3-5-18(25)19(26)8-13/h2-5,7-9,12,16H,6,10-11H2,1H3/b20-9-/t12-,16?,39?/m0/s1. The van der Waals surface area contributed by atoms with Crippen molar-refractivity contribution in [2.24, 2.45) is 5.92 Å². The molecule has 0 amide bonds. The van der Waals surface area contributed by atoms with E-state index in [4.69, 9.17) is 23.2 Å². The predicted molar refractivity (Wildman–Crippen MR) is 128 cm³/mol. The fourth-order valence-corrected chi connectivity index (χ4v) is 5.08. The van der Waals surface area contributed by atoms with Crippen molar-refractivity contribution in [3.8, 4) is 0 Å². The van der Waals surface area contributed by atoms with Crippen LogP contribution < -0.4 is 0 Å². The summed E-state index contributed by atoms with van der Waals surface area (Å²) < 4.78 is 146. The molecule has 0 saturated carbocycles. The monoisotopic (exact) mass is 630 g/mol. The number of Topliss-reactive ketones (excluding diaryl/α,β-unsaturated/α-hetero) is 1. The first-order valence-corrected chi connectivity index (χ1v) is 13.0. The van der Waals surface area contributed by atoms with E-state index in [0.29, 0.717) is 12.1 Å². The van der Waals surface area contributed by atoms with E-state index in [9.17, 15) is 52.9 Å². The molecule has 0 saturated heterocycles. The normalized spacial score (nSPS) is 15.7. The lowest BCUT2D eigenvalue weighted by atomic mass is 9.93. The van der Waals surface area contributed by atoms with Crippen LogP contribution in [0.3, 0.4) is 0 Å². The second-order valence-corrected chi connectivity index (χ2v) is 10.9. The van der Waals surface area contributed by atoms with Gasteiger partial charge in [-0.1, -0.05) is 48.3 Å². The van der Waals surface area contributed by atoms with Crippen LogP contribution in [0, 0.1) is 5.92 Å². The zero-order valence-corrected chi connectivity index (χ0v) is 21.9. The van der Waals surface area contributed by atoms with Crippen molar-refractivity contribution in [2.45, 2.75) is 37.8 Å². The van der Waals surface area contributed by atoms with Gasteiger partial charge in [-0.2, -0.15) is 39.5 Å². The van der Waals surface area contributed by atoms with Crippen molar-refractivity contribution in [3.63, 3.8) is 0 Å². The summed E-state index contributed by atoms with van der Waals surface area (Å²) in [6.07, 6.45) is -15.7. The summed E-state index contributed by atoms with van der Waals surface area (Å²) in [5.41, 5.74) is -4.07. The third kappa shape index (κ3) is 9.78. The highest BCUT2D eigenvalue weighted by Gasteiger charge is 2.41. The minimum atomic E-state index is -5.24. The maximum Gasteiger partial charge on any atom is 0.417 e. The molecule has 0 aromatic heterocycles. The third-order valence-corrected chi connectivity index (χ3v) is 7.53. The van der Waals surface area contributed by atoms with E-state index in [2.05, 4.69) is 0 Å². The molecule has 0 aliphatic rings. The Hall–Kier alpha value is -2.12. The molecule has 0 N–H and O–H groups in total. The maximum atomic E-state index is 14.9. The molecule has 0 fully saturated rings. The topological polar surface area (TPSA) is 34.1 Å². The van der Waals surface area contributed by atoms with Crippen LogP contribution in [0.5, 0.6) is 0 Å². The summed E-state index contributed by atoms with van der Waals surface area (Å²) in [6.45, 7) is 1.22. The van der Waals surface area contributed by atoms with Gasteiger partial charge >= 0.3 is 18.5 Å². The van der Waals surface area contributed by atoms with Crippen LogP contribution in [0.25, 0.3) is 5.83 Å². The molecular formula is C24H18Cl2F10O2S. The van der Waals surface area contributed by atoms with E-state index >= 15 is 0 Å². The van der Waals surface area contributed by atoms with Gasteiger partial charge in [0.15, 0.2) is 5.78 Å². The van der Waals surface area contributed by atoms with Crippen LogP contribution >= 0.6 is 23.2 Å². The molecule has 39 heavy (non-hydrogen) atoms. The maximum absolute atomic E-state index is 14.9. The highest BCUT2D eigenvalue weighted by molar-refractivity contribution is 7.85. The summed E-state index contributed by atoms with van der Waals surface area (Å²) in [5, 5.41) is -0.349. The van der Waals surface area contributed by atoms with Crippen molar-refractivity contribution in [1.82, 2.24) is 0 Å². The average Bonchev–Trinajstić information content (AvgIpc) is 2.76. The fourth-order valence-electron chi connectivity index (χ4n) is 3.54. The third-order valence-electron chi connectivity index (χ3n) is 5.20. The minimum Gasteiger partial charge on any atom is -0.294 e. The van der Waals surface area contributed by atoms with E-state index in [1.165, 1.54) is 6.92 Å². The number of carbonyl (C=O) groups excluding carboxylic acids is 1. The molecule has 15 heteroatoms. The molecule has 0 aliphatic heterocycles. The first kappa shape index (κ1) is 33.1. The summed E-state index contributed by atoms with van der Waals surface area (Å²) in [7, 11) is -2.42. The number of rotatable bonds is 9. The first-order chi connectivity index (χ1) is 17.7. The molecule has 2 aromatic carbocycles. The highest BCUT2D eigenvalue weighted by Crippen LogP contribution is 2.41. The van der Waals surface area contributed by atoms with Gasteiger partial charge in [-0.25, -0.2) is 4.39 Å². The molecule has 0 aliphatic carbocycles. The van der Waals surface area contributed by atoms with Crippen LogP contribution in [0.15, 0.2) is 42.5 Å². The Balaban J connectivity index is 2.40. The SMILES string of the molecule is C[C@@H](CC(=O)c1ccc(/C(F)=C/C(c2ccc(Cl)c(Cl)c2)C(F)(F)F)cc1C(F)(F)F)CS(=O)CC(F)(F)F. The summed E-state index contributed by atoms with van der Waals surface area (Å²) >= 11 is 11.4. The molecule has 2 aromatic rings. The van der Waals surface area contributed by atoms with Crippen molar-refractivity contribution < 1.29 is 52.9 Å². The number of allylic oxidation sites excluding steroid dienone is 1. The predicted octanol–water partition coefficient (Wildman–Crippen LogP) is 9.19. The lowest BCUT2D eigenvalue weighted by Crippen LogP contribution is -2.24. The number of hydrogen-bond acceptors (Lipinski definition) is 2. The van der Waals surface area contributed by atoms with E-state index in [1.54, 1.807) is 0 Å². The largest absolute Gasteiger partial charge is 0.417 e. The number of ketones is 1. The second-order valence-electron chi connectivity index (χ2n) is 8.56. The number of benzene rings is 2. The van der Waals surface area contributed by atoms with E-state index in [1.807, 2.05) is 0 Å². The van der Waals surface area contributed by atoms with Gasteiger partial charge in [-0.05, 0) is 35.8 Å². The van der Waals surface area contributed by atoms with Gasteiger partial charge in [0.05, 0.1) is 15.6 Å². The van der Waals surface area contributed by atoms with Crippen LogP contribution in [-0.4, -0.2) is 33.9 Å². The minimum absolute atomic E-state index is 0.0502. The van der Waals surface area contributed by atoms with Crippen LogP contribution in [0.1, 0.15) is 46.3 Å². The van der Waals surface area contributed by atoms with Crippen molar-refractivity contribution >= 4 is 45.6 Å². The van der Waals surface area contributed by atoms with E-state index in [0.717, 1.165) is 18.2 Å². The number of hydrogen-bond donors (Lipinski definition) is 0. The lowest BCUT2D eigenvalue weighted by molar-refractivity contribution is -0.140. The van der Waals surface area contributed by atoms with E-state index in [-0.39, 0.29) is 22.2 Å². The highest BCUT2D eigenvalue weighted by atomic mass is 35.5. The van der Waals surface area contributed by atoms with Crippen molar-refractivity contribution in [2.75, 3.05) is 11.5 Å².